The van der Waals surface area contributed by atoms with Gasteiger partial charge in [-0.05, 0) is 49.4 Å². The summed E-state index contributed by atoms with van der Waals surface area (Å²) < 4.78 is 53.6. The van der Waals surface area contributed by atoms with E-state index in [9.17, 15) is 27.2 Å². The first-order chi connectivity index (χ1) is 14.5. The molecule has 0 unspecified atom stereocenters. The molecule has 2 aromatic carbocycles. The fourth-order valence-corrected chi connectivity index (χ4v) is 2.83. The van der Waals surface area contributed by atoms with Crippen LogP contribution in [-0.4, -0.2) is 21.5 Å². The van der Waals surface area contributed by atoms with E-state index in [1.54, 1.807) is 19.1 Å². The van der Waals surface area contributed by atoms with Crippen molar-refractivity contribution in [2.24, 2.45) is 5.73 Å². The summed E-state index contributed by atoms with van der Waals surface area (Å²) >= 11 is 0. The first-order valence-corrected chi connectivity index (χ1v) is 8.67. The molecule has 0 aliphatic rings. The molecular weight excluding hydrogens is 420 g/mol. The van der Waals surface area contributed by atoms with Crippen molar-refractivity contribution in [3.63, 3.8) is 0 Å². The number of hydrogen-bond acceptors (Lipinski definition) is 4. The van der Waals surface area contributed by atoms with Gasteiger partial charge in [-0.1, -0.05) is 0 Å². The number of aryl methyl sites for hydroxylation is 1. The number of alkyl halides is 3. The van der Waals surface area contributed by atoms with Crippen molar-refractivity contribution in [1.82, 2.24) is 9.55 Å². The number of nitrogens with one attached hydrogen (secondary N) is 2. The van der Waals surface area contributed by atoms with Gasteiger partial charge in [0, 0.05) is 11.4 Å². The van der Waals surface area contributed by atoms with Crippen molar-refractivity contribution >= 4 is 29.1 Å². The zero-order valence-electron chi connectivity index (χ0n) is 15.9. The summed E-state index contributed by atoms with van der Waals surface area (Å²) in [5.74, 6) is -1.35. The van der Waals surface area contributed by atoms with Crippen molar-refractivity contribution in [3.05, 3.63) is 65.4 Å². The predicted molar refractivity (Wildman–Crippen MR) is 105 cm³/mol. The van der Waals surface area contributed by atoms with Gasteiger partial charge in [0.05, 0.1) is 11.3 Å². The van der Waals surface area contributed by atoms with E-state index in [2.05, 4.69) is 10.3 Å². The van der Waals surface area contributed by atoms with E-state index in [1.165, 1.54) is 16.7 Å². The van der Waals surface area contributed by atoms with E-state index < -0.39 is 35.2 Å². The molecule has 162 valence electrons. The summed E-state index contributed by atoms with van der Waals surface area (Å²) in [5.41, 5.74) is 10.1. The smallest absolute Gasteiger partial charge is 0.383 e. The molecule has 1 heterocycles. The number of halogens is 4. The minimum absolute atomic E-state index is 0.0449. The highest BCUT2D eigenvalue weighted by molar-refractivity contribution is 6.00. The average molecular weight is 436 g/mol. The normalized spacial score (nSPS) is 11.3. The van der Waals surface area contributed by atoms with Crippen LogP contribution in [0.5, 0.6) is 0 Å². The van der Waals surface area contributed by atoms with Crippen molar-refractivity contribution in [2.45, 2.75) is 13.1 Å². The summed E-state index contributed by atoms with van der Waals surface area (Å²) in [5, 5.41) is 4.42. The lowest BCUT2D eigenvalue weighted by Crippen LogP contribution is -2.20. The molecule has 6 N–H and O–H groups in total. The Morgan fingerprint density at radius 3 is 2.26 bits per heavy atom. The monoisotopic (exact) mass is 436 g/mol. The van der Waals surface area contributed by atoms with Gasteiger partial charge in [0.15, 0.2) is 5.69 Å². The van der Waals surface area contributed by atoms with E-state index in [0.29, 0.717) is 29.7 Å². The molecule has 0 saturated carbocycles. The maximum absolute atomic E-state index is 13.8. The number of hydrogen-bond donors (Lipinski definition) is 4. The number of amides is 3. The van der Waals surface area contributed by atoms with Crippen LogP contribution < -0.4 is 22.1 Å². The van der Waals surface area contributed by atoms with E-state index in [-0.39, 0.29) is 17.2 Å². The molecule has 0 fully saturated rings. The number of carbonyl (C=O) groups is 2. The Kier molecular flexibility index (Phi) is 5.56. The van der Waals surface area contributed by atoms with Crippen LogP contribution in [0.2, 0.25) is 0 Å². The highest BCUT2D eigenvalue weighted by Gasteiger charge is 2.31. The molecule has 3 aromatic rings. The van der Waals surface area contributed by atoms with Gasteiger partial charge in [0.2, 0.25) is 0 Å². The Labute approximate surface area is 172 Å². The third kappa shape index (κ3) is 4.57. The molecule has 8 nitrogen and oxygen atoms in total. The van der Waals surface area contributed by atoms with E-state index in [4.69, 9.17) is 11.5 Å². The number of carbonyl (C=O) groups excluding carboxylic acids is 2. The van der Waals surface area contributed by atoms with Crippen molar-refractivity contribution in [3.8, 4) is 5.69 Å². The number of benzene rings is 2. The zero-order chi connectivity index (χ0) is 22.9. The number of nitrogens with zero attached hydrogens (tertiary/aromatic N) is 2. The predicted octanol–water partition coefficient (Wildman–Crippen LogP) is 3.66. The summed E-state index contributed by atoms with van der Waals surface area (Å²) in [6.45, 7) is 1.62. The van der Waals surface area contributed by atoms with Gasteiger partial charge in [-0.2, -0.15) is 13.2 Å². The highest BCUT2D eigenvalue weighted by Crippen LogP contribution is 2.32. The SMILES string of the molecule is Cc1nc(C(N)=O)c(N)n1-c1ccc(NC(=O)Nc2cc(C(F)(F)F)ccc2F)cc1. The molecule has 12 heteroatoms. The minimum Gasteiger partial charge on any atom is -0.383 e. The Bertz CT molecular complexity index is 1160. The van der Waals surface area contributed by atoms with Gasteiger partial charge in [-0.25, -0.2) is 14.2 Å². The Morgan fingerprint density at radius 2 is 1.71 bits per heavy atom. The number of nitrogen functional groups attached to an aromatic ring is 1. The second-order valence-corrected chi connectivity index (χ2v) is 6.41. The van der Waals surface area contributed by atoms with Crippen molar-refractivity contribution < 1.29 is 27.2 Å². The van der Waals surface area contributed by atoms with Crippen LogP contribution in [0.25, 0.3) is 5.69 Å². The van der Waals surface area contributed by atoms with Gasteiger partial charge in [0.25, 0.3) is 5.91 Å². The number of nitrogens with two attached hydrogens (primary N) is 2. The van der Waals surface area contributed by atoms with E-state index in [0.717, 1.165) is 0 Å². The molecule has 0 saturated heterocycles. The Morgan fingerprint density at radius 1 is 1.06 bits per heavy atom. The number of anilines is 3. The van der Waals surface area contributed by atoms with Crippen LogP contribution in [-0.2, 0) is 6.18 Å². The highest BCUT2D eigenvalue weighted by atomic mass is 19.4. The molecule has 0 spiro atoms. The first-order valence-electron chi connectivity index (χ1n) is 8.67. The van der Waals surface area contributed by atoms with Crippen molar-refractivity contribution in [2.75, 3.05) is 16.4 Å². The Hall–Kier alpha value is -4.09. The average Bonchev–Trinajstić information content (AvgIpc) is 2.98. The van der Waals surface area contributed by atoms with Crippen LogP contribution >= 0.6 is 0 Å². The maximum atomic E-state index is 13.8. The largest absolute Gasteiger partial charge is 0.416 e. The number of imidazole rings is 1. The summed E-state index contributed by atoms with van der Waals surface area (Å²) in [4.78, 5) is 27.5. The molecular formula is C19H16F4N6O2. The lowest BCUT2D eigenvalue weighted by atomic mass is 10.2. The third-order valence-electron chi connectivity index (χ3n) is 4.24. The van der Waals surface area contributed by atoms with Crippen molar-refractivity contribution in [1.29, 1.82) is 0 Å². The zero-order valence-corrected chi connectivity index (χ0v) is 15.9. The van der Waals surface area contributed by atoms with Gasteiger partial charge in [-0.15, -0.1) is 0 Å². The van der Waals surface area contributed by atoms with Gasteiger partial charge in [0.1, 0.15) is 17.5 Å². The second-order valence-electron chi connectivity index (χ2n) is 6.41. The van der Waals surface area contributed by atoms with Crippen LogP contribution in [0.1, 0.15) is 21.9 Å². The van der Waals surface area contributed by atoms with Gasteiger partial charge in [-0.3, -0.25) is 9.36 Å². The molecule has 31 heavy (non-hydrogen) atoms. The van der Waals surface area contributed by atoms with E-state index >= 15 is 0 Å². The maximum Gasteiger partial charge on any atom is 0.416 e. The standard InChI is InChI=1S/C19H16F4N6O2/c1-9-26-15(17(25)30)16(24)29(9)12-5-3-11(4-6-12)27-18(31)28-14-8-10(19(21,22)23)2-7-13(14)20/h2-8H,24H2,1H3,(H2,25,30)(H2,27,28,31). The lowest BCUT2D eigenvalue weighted by molar-refractivity contribution is -0.137. The molecule has 0 radical (unpaired) electrons. The molecule has 0 atom stereocenters. The summed E-state index contributed by atoms with van der Waals surface area (Å²) in [6, 6.07) is 6.79. The van der Waals surface area contributed by atoms with E-state index in [1.807, 2.05) is 5.32 Å². The molecule has 0 aliphatic heterocycles. The number of rotatable bonds is 4. The quantitative estimate of drug-likeness (QED) is 0.465. The fraction of sp³-hybridized carbons (Fsp3) is 0.105. The minimum atomic E-state index is -4.68. The van der Waals surface area contributed by atoms with Gasteiger partial charge < -0.3 is 22.1 Å². The Balaban J connectivity index is 1.75. The number of primary amides is 1. The van der Waals surface area contributed by atoms with Gasteiger partial charge >= 0.3 is 12.2 Å². The first kappa shape index (κ1) is 21.6. The fourth-order valence-electron chi connectivity index (χ4n) is 2.83. The van der Waals surface area contributed by atoms with Crippen LogP contribution in [0.3, 0.4) is 0 Å². The number of aromatic nitrogens is 2. The summed E-state index contributed by atoms with van der Waals surface area (Å²) in [6.07, 6.45) is -4.68. The topological polar surface area (TPSA) is 128 Å². The number of urea groups is 1. The second kappa shape index (κ2) is 7.97. The van der Waals surface area contributed by atoms with Crippen LogP contribution in [0.4, 0.5) is 39.5 Å². The van der Waals surface area contributed by atoms with Crippen LogP contribution in [0.15, 0.2) is 42.5 Å². The molecule has 3 amide bonds. The van der Waals surface area contributed by atoms with Crippen LogP contribution in [0, 0.1) is 12.7 Å². The summed E-state index contributed by atoms with van der Waals surface area (Å²) in [7, 11) is 0. The molecule has 3 rings (SSSR count). The molecule has 0 bridgehead atoms. The molecule has 1 aromatic heterocycles. The molecule has 0 aliphatic carbocycles. The third-order valence-corrected chi connectivity index (χ3v) is 4.24. The lowest BCUT2D eigenvalue weighted by Gasteiger charge is -2.12.